The number of alkyl halides is 3. The van der Waals surface area contributed by atoms with Crippen LogP contribution in [0.25, 0.3) is 0 Å². The van der Waals surface area contributed by atoms with E-state index in [-0.39, 0.29) is 29.4 Å². The Labute approximate surface area is 369 Å². The molecule has 3 heterocycles. The number of carbonyl (C=O) groups is 4. The largest absolute Gasteiger partial charge is 0.495 e. The summed E-state index contributed by atoms with van der Waals surface area (Å²) in [6.45, 7) is 8.32. The van der Waals surface area contributed by atoms with Crippen molar-refractivity contribution in [2.75, 3.05) is 44.7 Å². The number of fused-ring (bicyclic) bond motifs is 5. The highest BCUT2D eigenvalue weighted by atomic mass is 35.5. The number of hydrogen-bond acceptors (Lipinski definition) is 13. The lowest BCUT2D eigenvalue weighted by molar-refractivity contribution is -0.191. The SMILES string of the molecule is CCC(=O)CCCSSCCC(N(C)[C@@H](C)C(=O)O[C@H]1CC(=O)N(C)c2cc(cc(OC)c2Cl)C/C(C)=C/C=C/[C@@H](OC)[C@@]2(O)C[C@H](OC(=O)N2)[C@@H](C)[C@@H]2O[C@@]12C)C(F)(F)F. The lowest BCUT2D eigenvalue weighted by Crippen LogP contribution is -2.63. The Balaban J connectivity index is 1.65. The quantitative estimate of drug-likeness (QED) is 0.0775. The Bertz CT molecular complexity index is 1810. The number of nitrogens with zero attached hydrogens (tertiary/aromatic N) is 2. The van der Waals surface area contributed by atoms with Gasteiger partial charge in [-0.15, -0.1) is 0 Å². The van der Waals surface area contributed by atoms with Crippen LogP contribution < -0.4 is 15.0 Å². The fourth-order valence-corrected chi connectivity index (χ4v) is 10.1. The van der Waals surface area contributed by atoms with Crippen molar-refractivity contribution in [2.45, 2.75) is 134 Å². The lowest BCUT2D eigenvalue weighted by atomic mass is 9.83. The number of anilines is 1. The van der Waals surface area contributed by atoms with E-state index in [0.29, 0.717) is 42.9 Å². The van der Waals surface area contributed by atoms with Crippen molar-refractivity contribution >= 4 is 62.6 Å². The first-order valence-corrected chi connectivity index (χ1v) is 23.1. The molecule has 4 rings (SSSR count). The van der Waals surface area contributed by atoms with Crippen LogP contribution in [0.4, 0.5) is 23.7 Å². The van der Waals surface area contributed by atoms with Gasteiger partial charge in [0.2, 0.25) is 5.91 Å². The Hall–Kier alpha value is -3.00. The summed E-state index contributed by atoms with van der Waals surface area (Å²) >= 11 is 6.76. The first kappa shape index (κ1) is 50.6. The molecule has 61 heavy (non-hydrogen) atoms. The second-order valence-corrected chi connectivity index (χ2v) is 19.1. The number of amides is 2. The molecule has 3 aliphatic heterocycles. The number of Topliss-reactive ketones (excluding diaryl/α,β-unsaturated/α-hetero) is 1. The summed E-state index contributed by atoms with van der Waals surface area (Å²) < 4.78 is 72.6. The summed E-state index contributed by atoms with van der Waals surface area (Å²) in [5, 5.41) is 14.4. The molecule has 2 amide bonds. The van der Waals surface area contributed by atoms with Gasteiger partial charge in [-0.2, -0.15) is 13.2 Å². The highest BCUT2D eigenvalue weighted by Gasteiger charge is 2.64. The molecule has 0 radical (unpaired) electrons. The van der Waals surface area contributed by atoms with Crippen LogP contribution in [0.3, 0.4) is 0 Å². The minimum Gasteiger partial charge on any atom is -0.495 e. The number of nitrogens with one attached hydrogen (secondary N) is 1. The van der Waals surface area contributed by atoms with E-state index in [2.05, 4.69) is 5.32 Å². The number of likely N-dealkylation sites (N-methyl/N-ethyl adjacent to an activating group) is 1. The standard InChI is InChI=1S/C42H59ClF3N3O10S2/c1-10-28(50)14-12-17-60-61-18-16-32(42(44,45)46)48(6)26(4)38(52)58-34-22-35(51)49(7)29-20-27(21-30(55-8)36(29)43)19-24(2)13-11-15-33(56-9)41(54)23-31(57-39(53)47-41)25(3)37-40(34,5)59-37/h11,13,15,20-21,25-26,31-34,37,54H,10,12,14,16-19,22-23H2,1-9H3,(H,47,53)/b15-11+,24-13+/t25-,26+,31+,32?,33-,34+,37+,40+,41+/m1/s1. The van der Waals surface area contributed by atoms with Crippen LogP contribution in [0.2, 0.25) is 5.02 Å². The van der Waals surface area contributed by atoms with E-state index in [1.54, 1.807) is 45.1 Å². The van der Waals surface area contributed by atoms with Gasteiger partial charge in [-0.1, -0.05) is 70.8 Å². The molecular weight excluding hydrogens is 863 g/mol. The van der Waals surface area contributed by atoms with Crippen molar-refractivity contribution in [3.63, 3.8) is 0 Å². The molecule has 1 aromatic rings. The molecule has 0 spiro atoms. The van der Waals surface area contributed by atoms with E-state index in [1.165, 1.54) is 61.7 Å². The number of ether oxygens (including phenoxy) is 5. The smallest absolute Gasteiger partial charge is 0.409 e. The van der Waals surface area contributed by atoms with Gasteiger partial charge >= 0.3 is 18.2 Å². The highest BCUT2D eigenvalue weighted by Crippen LogP contribution is 2.49. The molecule has 1 unspecified atom stereocenters. The predicted octanol–water partition coefficient (Wildman–Crippen LogP) is 7.45. The van der Waals surface area contributed by atoms with Crippen molar-refractivity contribution in [1.82, 2.24) is 10.2 Å². The maximum atomic E-state index is 14.5. The zero-order chi connectivity index (χ0) is 45.4. The normalized spacial score (nSPS) is 29.7. The number of rotatable bonds is 15. The summed E-state index contributed by atoms with van der Waals surface area (Å²) in [6, 6.07) is 0.0745. The molecule has 2 N–H and O–H groups in total. The average molecular weight is 923 g/mol. The zero-order valence-electron chi connectivity index (χ0n) is 36.1. The molecule has 9 atom stereocenters. The second kappa shape index (κ2) is 21.6. The van der Waals surface area contributed by atoms with Crippen LogP contribution in [0.15, 0.2) is 35.9 Å². The predicted molar refractivity (Wildman–Crippen MR) is 230 cm³/mol. The van der Waals surface area contributed by atoms with Crippen molar-refractivity contribution < 1.29 is 61.1 Å². The summed E-state index contributed by atoms with van der Waals surface area (Å²) in [6.07, 6.45) is -3.53. The third kappa shape index (κ3) is 12.8. The number of epoxide rings is 1. The van der Waals surface area contributed by atoms with Gasteiger partial charge in [-0.05, 0) is 64.8 Å². The number of ketones is 1. The van der Waals surface area contributed by atoms with Crippen LogP contribution in [0.5, 0.6) is 5.75 Å². The number of allylic oxidation sites excluding steroid dienone is 3. The van der Waals surface area contributed by atoms with E-state index < -0.39 is 84.3 Å². The van der Waals surface area contributed by atoms with Crippen LogP contribution in [-0.4, -0.2) is 128 Å². The molecule has 342 valence electrons. The van der Waals surface area contributed by atoms with Gasteiger partial charge in [0.15, 0.2) is 5.72 Å². The number of alkyl carbamates (subject to hydrolysis) is 1. The number of benzene rings is 1. The van der Waals surface area contributed by atoms with Crippen molar-refractivity contribution in [3.8, 4) is 5.75 Å². The van der Waals surface area contributed by atoms with Crippen LogP contribution in [0.1, 0.15) is 78.7 Å². The molecule has 0 aliphatic carbocycles. The molecule has 19 heteroatoms. The summed E-state index contributed by atoms with van der Waals surface area (Å²) in [7, 11) is 8.22. The van der Waals surface area contributed by atoms with E-state index in [1.807, 2.05) is 13.0 Å². The van der Waals surface area contributed by atoms with E-state index >= 15 is 0 Å². The van der Waals surface area contributed by atoms with Gasteiger partial charge in [0.05, 0.1) is 25.3 Å². The van der Waals surface area contributed by atoms with Crippen molar-refractivity contribution in [2.24, 2.45) is 5.92 Å². The minimum absolute atomic E-state index is 0.131. The number of esters is 1. The maximum Gasteiger partial charge on any atom is 0.409 e. The number of halogens is 4. The monoisotopic (exact) mass is 921 g/mol. The summed E-state index contributed by atoms with van der Waals surface area (Å²) in [5.41, 5.74) is -1.37. The third-order valence-corrected chi connectivity index (χ3v) is 14.6. The Morgan fingerprint density at radius 2 is 1.89 bits per heavy atom. The first-order valence-electron chi connectivity index (χ1n) is 20.2. The highest BCUT2D eigenvalue weighted by molar-refractivity contribution is 8.76. The molecule has 1 aromatic carbocycles. The molecule has 0 saturated carbocycles. The fraction of sp³-hybridized carbons (Fsp3) is 0.667. The lowest BCUT2D eigenvalue weighted by Gasteiger charge is -2.42. The molecule has 2 fully saturated rings. The van der Waals surface area contributed by atoms with E-state index in [9.17, 15) is 37.5 Å². The van der Waals surface area contributed by atoms with Crippen LogP contribution in [0, 0.1) is 5.92 Å². The second-order valence-electron chi connectivity index (χ2n) is 16.1. The summed E-state index contributed by atoms with van der Waals surface area (Å²) in [4.78, 5) is 54.9. The van der Waals surface area contributed by atoms with Gasteiger partial charge in [0.1, 0.15) is 52.6 Å². The summed E-state index contributed by atoms with van der Waals surface area (Å²) in [5.74, 6) is -1.01. The number of carbonyl (C=O) groups excluding carboxylic acids is 4. The number of methoxy groups -OCH3 is 2. The average Bonchev–Trinajstić information content (AvgIpc) is 3.90. The maximum absolute atomic E-state index is 14.5. The molecule has 0 aromatic heterocycles. The van der Waals surface area contributed by atoms with Crippen LogP contribution in [-0.2, 0) is 39.8 Å². The van der Waals surface area contributed by atoms with Gasteiger partial charge in [-0.3, -0.25) is 24.6 Å². The molecule has 2 saturated heterocycles. The van der Waals surface area contributed by atoms with E-state index in [0.717, 1.165) is 16.0 Å². The third-order valence-electron chi connectivity index (χ3n) is 11.7. The Morgan fingerprint density at radius 3 is 2.52 bits per heavy atom. The van der Waals surface area contributed by atoms with Gasteiger partial charge in [0.25, 0.3) is 0 Å². The molecular formula is C42H59ClF3N3O10S2. The van der Waals surface area contributed by atoms with Crippen LogP contribution >= 0.6 is 33.2 Å². The van der Waals surface area contributed by atoms with Gasteiger partial charge < -0.3 is 33.7 Å². The topological polar surface area (TPSA) is 156 Å². The first-order chi connectivity index (χ1) is 28.6. The zero-order valence-corrected chi connectivity index (χ0v) is 38.5. The Morgan fingerprint density at radius 1 is 1.20 bits per heavy atom. The van der Waals surface area contributed by atoms with Crippen molar-refractivity contribution in [3.05, 3.63) is 46.5 Å². The Kier molecular flexibility index (Phi) is 17.9. The van der Waals surface area contributed by atoms with Gasteiger partial charge in [-0.25, -0.2) is 4.79 Å². The molecule has 3 aliphatic rings. The van der Waals surface area contributed by atoms with Gasteiger partial charge in [0, 0.05) is 50.8 Å². The number of aliphatic hydroxyl groups is 1. The molecule has 4 bridgehead atoms. The molecule has 13 nitrogen and oxygen atoms in total. The van der Waals surface area contributed by atoms with Crippen molar-refractivity contribution in [1.29, 1.82) is 0 Å². The fourth-order valence-electron chi connectivity index (χ4n) is 7.66. The number of hydrogen-bond donors (Lipinski definition) is 2. The minimum atomic E-state index is -4.68. The van der Waals surface area contributed by atoms with E-state index in [4.69, 9.17) is 35.3 Å².